The number of benzene rings is 1. The maximum absolute atomic E-state index is 13.8. The van der Waals surface area contributed by atoms with Crippen molar-refractivity contribution in [3.63, 3.8) is 0 Å². The standard InChI is InChI=1S/C17H26FNO/c1-4-9-19-16(12(2)14-6-7-14)11-13-5-8-17(20-3)15(18)10-13/h5,8,10,12,14,16,19H,4,6-7,9,11H2,1-3H3. The van der Waals surface area contributed by atoms with Crippen LogP contribution in [0.15, 0.2) is 18.2 Å². The van der Waals surface area contributed by atoms with Gasteiger partial charge in [-0.2, -0.15) is 0 Å². The first kappa shape index (κ1) is 15.3. The van der Waals surface area contributed by atoms with Gasteiger partial charge in [-0.1, -0.05) is 19.9 Å². The zero-order valence-corrected chi connectivity index (χ0v) is 12.8. The van der Waals surface area contributed by atoms with E-state index in [0.717, 1.165) is 30.9 Å². The van der Waals surface area contributed by atoms with Gasteiger partial charge in [0.05, 0.1) is 7.11 Å². The summed E-state index contributed by atoms with van der Waals surface area (Å²) in [4.78, 5) is 0. The third kappa shape index (κ3) is 3.95. The van der Waals surface area contributed by atoms with Gasteiger partial charge in [0, 0.05) is 6.04 Å². The first-order chi connectivity index (χ1) is 9.65. The molecule has 2 atom stereocenters. The molecule has 2 rings (SSSR count). The van der Waals surface area contributed by atoms with Gasteiger partial charge in [0.15, 0.2) is 11.6 Å². The lowest BCUT2D eigenvalue weighted by atomic mass is 9.91. The Hall–Kier alpha value is -1.09. The van der Waals surface area contributed by atoms with Crippen molar-refractivity contribution in [2.45, 2.75) is 45.6 Å². The van der Waals surface area contributed by atoms with E-state index in [1.165, 1.54) is 20.0 Å². The molecule has 1 N–H and O–H groups in total. The summed E-state index contributed by atoms with van der Waals surface area (Å²) in [6.45, 7) is 5.53. The van der Waals surface area contributed by atoms with Crippen LogP contribution in [-0.4, -0.2) is 19.7 Å². The van der Waals surface area contributed by atoms with E-state index in [1.807, 2.05) is 6.07 Å². The highest BCUT2D eigenvalue weighted by Gasteiger charge is 2.33. The lowest BCUT2D eigenvalue weighted by Gasteiger charge is -2.25. The monoisotopic (exact) mass is 279 g/mol. The number of ether oxygens (including phenoxy) is 1. The first-order valence-electron chi connectivity index (χ1n) is 7.71. The summed E-state index contributed by atoms with van der Waals surface area (Å²) >= 11 is 0. The third-order valence-corrected chi connectivity index (χ3v) is 4.33. The van der Waals surface area contributed by atoms with Gasteiger partial charge in [0.25, 0.3) is 0 Å². The SMILES string of the molecule is CCCNC(Cc1ccc(OC)c(F)c1)C(C)C1CC1. The molecule has 2 nitrogen and oxygen atoms in total. The molecule has 1 aromatic carbocycles. The Balaban J connectivity index is 2.03. The molecule has 0 saturated heterocycles. The summed E-state index contributed by atoms with van der Waals surface area (Å²) in [6, 6.07) is 5.75. The fourth-order valence-corrected chi connectivity index (χ4v) is 2.82. The topological polar surface area (TPSA) is 21.3 Å². The molecule has 1 aliphatic carbocycles. The third-order valence-electron chi connectivity index (χ3n) is 4.33. The fraction of sp³-hybridized carbons (Fsp3) is 0.647. The quantitative estimate of drug-likeness (QED) is 0.781. The summed E-state index contributed by atoms with van der Waals surface area (Å²) in [6.07, 6.45) is 4.72. The Bertz CT molecular complexity index is 431. The van der Waals surface area contributed by atoms with E-state index in [2.05, 4.69) is 19.2 Å². The van der Waals surface area contributed by atoms with E-state index in [1.54, 1.807) is 12.1 Å². The molecule has 20 heavy (non-hydrogen) atoms. The Morgan fingerprint density at radius 2 is 2.15 bits per heavy atom. The molecule has 0 aromatic heterocycles. The highest BCUT2D eigenvalue weighted by Crippen LogP contribution is 2.39. The maximum Gasteiger partial charge on any atom is 0.165 e. The number of methoxy groups -OCH3 is 1. The smallest absolute Gasteiger partial charge is 0.165 e. The van der Waals surface area contributed by atoms with Crippen molar-refractivity contribution in [2.24, 2.45) is 11.8 Å². The molecular formula is C17H26FNO. The van der Waals surface area contributed by atoms with Crippen molar-refractivity contribution in [3.05, 3.63) is 29.6 Å². The van der Waals surface area contributed by atoms with E-state index in [4.69, 9.17) is 4.74 Å². The van der Waals surface area contributed by atoms with E-state index >= 15 is 0 Å². The second kappa shape index (κ2) is 7.07. The summed E-state index contributed by atoms with van der Waals surface area (Å²) in [5.74, 6) is 1.57. The minimum Gasteiger partial charge on any atom is -0.494 e. The minimum absolute atomic E-state index is 0.265. The van der Waals surface area contributed by atoms with Crippen LogP contribution >= 0.6 is 0 Å². The van der Waals surface area contributed by atoms with Gasteiger partial charge in [0.1, 0.15) is 0 Å². The lowest BCUT2D eigenvalue weighted by Crippen LogP contribution is -2.38. The van der Waals surface area contributed by atoms with E-state index in [9.17, 15) is 4.39 Å². The minimum atomic E-state index is -0.265. The van der Waals surface area contributed by atoms with Crippen molar-refractivity contribution in [1.82, 2.24) is 5.32 Å². The number of nitrogens with one attached hydrogen (secondary N) is 1. The van der Waals surface area contributed by atoms with Crippen LogP contribution in [0.1, 0.15) is 38.7 Å². The summed E-state index contributed by atoms with van der Waals surface area (Å²) in [5, 5.41) is 3.63. The number of halogens is 1. The lowest BCUT2D eigenvalue weighted by molar-refractivity contribution is 0.338. The van der Waals surface area contributed by atoms with Crippen molar-refractivity contribution < 1.29 is 9.13 Å². The second-order valence-corrected chi connectivity index (χ2v) is 5.93. The van der Waals surface area contributed by atoms with Crippen LogP contribution in [0.25, 0.3) is 0 Å². The van der Waals surface area contributed by atoms with Crippen LogP contribution in [0.4, 0.5) is 4.39 Å². The van der Waals surface area contributed by atoms with Gasteiger partial charge in [-0.15, -0.1) is 0 Å². The average Bonchev–Trinajstić information content (AvgIpc) is 3.27. The molecule has 0 spiro atoms. The van der Waals surface area contributed by atoms with Gasteiger partial charge >= 0.3 is 0 Å². The average molecular weight is 279 g/mol. The fourth-order valence-electron chi connectivity index (χ4n) is 2.82. The van der Waals surface area contributed by atoms with Crippen LogP contribution < -0.4 is 10.1 Å². The van der Waals surface area contributed by atoms with Crippen molar-refractivity contribution in [1.29, 1.82) is 0 Å². The summed E-state index contributed by atoms with van der Waals surface area (Å²) in [7, 11) is 1.50. The summed E-state index contributed by atoms with van der Waals surface area (Å²) in [5.41, 5.74) is 1.05. The Morgan fingerprint density at radius 1 is 1.40 bits per heavy atom. The van der Waals surface area contributed by atoms with Gasteiger partial charge in [-0.3, -0.25) is 0 Å². The maximum atomic E-state index is 13.8. The van der Waals surface area contributed by atoms with Crippen LogP contribution in [0, 0.1) is 17.7 Å². The Labute approximate surface area is 121 Å². The van der Waals surface area contributed by atoms with Crippen molar-refractivity contribution in [3.8, 4) is 5.75 Å². The van der Waals surface area contributed by atoms with Crippen LogP contribution in [0.5, 0.6) is 5.75 Å². The molecule has 0 heterocycles. The Kier molecular flexibility index (Phi) is 5.41. The molecule has 0 aliphatic heterocycles. The molecule has 0 radical (unpaired) electrons. The Morgan fingerprint density at radius 3 is 2.70 bits per heavy atom. The normalized spacial score (nSPS) is 17.8. The molecule has 112 valence electrons. The molecule has 0 bridgehead atoms. The predicted molar refractivity (Wildman–Crippen MR) is 80.6 cm³/mol. The number of hydrogen-bond acceptors (Lipinski definition) is 2. The molecular weight excluding hydrogens is 253 g/mol. The van der Waals surface area contributed by atoms with E-state index < -0.39 is 0 Å². The van der Waals surface area contributed by atoms with Crippen LogP contribution in [-0.2, 0) is 6.42 Å². The van der Waals surface area contributed by atoms with Crippen LogP contribution in [0.3, 0.4) is 0 Å². The summed E-state index contributed by atoms with van der Waals surface area (Å²) < 4.78 is 18.8. The molecule has 1 saturated carbocycles. The number of rotatable bonds is 8. The van der Waals surface area contributed by atoms with Crippen molar-refractivity contribution in [2.75, 3.05) is 13.7 Å². The molecule has 1 fully saturated rings. The molecule has 0 amide bonds. The van der Waals surface area contributed by atoms with Gasteiger partial charge in [-0.25, -0.2) is 4.39 Å². The second-order valence-electron chi connectivity index (χ2n) is 5.93. The zero-order chi connectivity index (χ0) is 14.5. The number of hydrogen-bond donors (Lipinski definition) is 1. The predicted octanol–water partition coefficient (Wildman–Crippen LogP) is 3.79. The largest absolute Gasteiger partial charge is 0.494 e. The van der Waals surface area contributed by atoms with E-state index in [0.29, 0.717) is 17.7 Å². The first-order valence-corrected chi connectivity index (χ1v) is 7.71. The highest BCUT2D eigenvalue weighted by atomic mass is 19.1. The molecule has 1 aromatic rings. The van der Waals surface area contributed by atoms with E-state index in [-0.39, 0.29) is 5.82 Å². The zero-order valence-electron chi connectivity index (χ0n) is 12.8. The molecule has 3 heteroatoms. The highest BCUT2D eigenvalue weighted by molar-refractivity contribution is 5.29. The molecule has 1 aliphatic rings. The van der Waals surface area contributed by atoms with Gasteiger partial charge in [-0.05, 0) is 61.8 Å². The van der Waals surface area contributed by atoms with Crippen LogP contribution in [0.2, 0.25) is 0 Å². The van der Waals surface area contributed by atoms with Gasteiger partial charge in [0.2, 0.25) is 0 Å². The molecule has 2 unspecified atom stereocenters. The van der Waals surface area contributed by atoms with Crippen molar-refractivity contribution >= 4 is 0 Å². The van der Waals surface area contributed by atoms with Gasteiger partial charge < -0.3 is 10.1 Å².